The standard InChI is InChI=1S/C16H15N3O2S/c1-12-7-3-4-8-13(12)11-17-19(2)16-14-9-5-6-10-15(14)22(20,21)18-16/h3-11H,1-2H3/b17-11+. The number of sulfonamides is 1. The quantitative estimate of drug-likeness (QED) is 0.632. The van der Waals surface area contributed by atoms with E-state index in [-0.39, 0.29) is 4.90 Å². The Hall–Kier alpha value is -2.47. The maximum Gasteiger partial charge on any atom is 0.285 e. The smallest absolute Gasteiger partial charge is 0.250 e. The molecule has 0 atom stereocenters. The number of amidine groups is 1. The largest absolute Gasteiger partial charge is 0.285 e. The van der Waals surface area contributed by atoms with Crippen LogP contribution < -0.4 is 0 Å². The third-order valence-electron chi connectivity index (χ3n) is 3.48. The molecule has 0 saturated heterocycles. The van der Waals surface area contributed by atoms with Crippen LogP contribution in [-0.2, 0) is 10.0 Å². The normalized spacial score (nSPS) is 15.6. The Morgan fingerprint density at radius 2 is 1.77 bits per heavy atom. The van der Waals surface area contributed by atoms with Gasteiger partial charge in [-0.3, -0.25) is 0 Å². The molecule has 3 rings (SSSR count). The average Bonchev–Trinajstić information content (AvgIpc) is 2.79. The number of benzene rings is 2. The topological polar surface area (TPSA) is 62.1 Å². The molecule has 0 saturated carbocycles. The van der Waals surface area contributed by atoms with Gasteiger partial charge in [0.25, 0.3) is 10.0 Å². The highest BCUT2D eigenvalue weighted by Crippen LogP contribution is 2.26. The van der Waals surface area contributed by atoms with E-state index in [4.69, 9.17) is 0 Å². The molecule has 2 aromatic rings. The van der Waals surface area contributed by atoms with Gasteiger partial charge in [0.2, 0.25) is 0 Å². The van der Waals surface area contributed by atoms with Crippen LogP contribution in [0.25, 0.3) is 0 Å². The second-order valence-corrected chi connectivity index (χ2v) is 6.58. The van der Waals surface area contributed by atoms with Crippen molar-refractivity contribution >= 4 is 22.1 Å². The fraction of sp³-hybridized carbons (Fsp3) is 0.125. The van der Waals surface area contributed by atoms with Gasteiger partial charge in [0.05, 0.1) is 6.21 Å². The second-order valence-electron chi connectivity index (χ2n) is 5.01. The van der Waals surface area contributed by atoms with Crippen LogP contribution in [0.4, 0.5) is 0 Å². The van der Waals surface area contributed by atoms with Crippen molar-refractivity contribution < 1.29 is 8.42 Å². The monoisotopic (exact) mass is 313 g/mol. The highest BCUT2D eigenvalue weighted by Gasteiger charge is 2.30. The summed E-state index contributed by atoms with van der Waals surface area (Å²) in [5.41, 5.74) is 2.65. The summed E-state index contributed by atoms with van der Waals surface area (Å²) in [6.07, 6.45) is 1.70. The Morgan fingerprint density at radius 1 is 1.09 bits per heavy atom. The number of hydrazone groups is 1. The van der Waals surface area contributed by atoms with Crippen LogP contribution in [0.2, 0.25) is 0 Å². The Labute approximate surface area is 129 Å². The van der Waals surface area contributed by atoms with Gasteiger partial charge in [-0.1, -0.05) is 36.4 Å². The molecule has 0 unspecified atom stereocenters. The molecule has 5 nitrogen and oxygen atoms in total. The summed E-state index contributed by atoms with van der Waals surface area (Å²) in [7, 11) is -1.93. The molecule has 1 aliphatic rings. The Bertz CT molecular complexity index is 886. The minimum Gasteiger partial charge on any atom is -0.250 e. The SMILES string of the molecule is Cc1ccccc1/C=N/N(C)C1=NS(=O)(=O)c2ccccc21. The van der Waals surface area contributed by atoms with Crippen molar-refractivity contribution in [1.82, 2.24) is 5.01 Å². The maximum absolute atomic E-state index is 12.0. The van der Waals surface area contributed by atoms with Crippen molar-refractivity contribution in [2.24, 2.45) is 9.50 Å². The van der Waals surface area contributed by atoms with E-state index in [1.807, 2.05) is 31.2 Å². The van der Waals surface area contributed by atoms with Crippen LogP contribution in [0.5, 0.6) is 0 Å². The molecular formula is C16H15N3O2S. The summed E-state index contributed by atoms with van der Waals surface area (Å²) in [6, 6.07) is 14.6. The predicted molar refractivity (Wildman–Crippen MR) is 86.7 cm³/mol. The first-order valence-electron chi connectivity index (χ1n) is 6.77. The number of hydrogen-bond acceptors (Lipinski definition) is 4. The van der Waals surface area contributed by atoms with E-state index in [1.165, 1.54) is 5.01 Å². The number of nitrogens with zero attached hydrogens (tertiary/aromatic N) is 3. The van der Waals surface area contributed by atoms with Gasteiger partial charge >= 0.3 is 0 Å². The molecule has 0 bridgehead atoms. The van der Waals surface area contributed by atoms with Crippen LogP contribution in [0.15, 0.2) is 62.9 Å². The van der Waals surface area contributed by atoms with Crippen LogP contribution in [0.3, 0.4) is 0 Å². The highest BCUT2D eigenvalue weighted by molar-refractivity contribution is 7.90. The van der Waals surface area contributed by atoms with Gasteiger partial charge in [-0.05, 0) is 30.2 Å². The minimum absolute atomic E-state index is 0.225. The van der Waals surface area contributed by atoms with Crippen molar-refractivity contribution in [3.05, 3.63) is 65.2 Å². The summed E-state index contributed by atoms with van der Waals surface area (Å²) in [6.45, 7) is 1.99. The number of hydrogen-bond donors (Lipinski definition) is 0. The lowest BCUT2D eigenvalue weighted by Crippen LogP contribution is -2.21. The maximum atomic E-state index is 12.0. The molecule has 0 N–H and O–H groups in total. The summed E-state index contributed by atoms with van der Waals surface area (Å²) >= 11 is 0. The van der Waals surface area contributed by atoms with Crippen LogP contribution >= 0.6 is 0 Å². The lowest BCUT2D eigenvalue weighted by molar-refractivity contribution is 0.549. The molecule has 1 aliphatic heterocycles. The second kappa shape index (κ2) is 5.38. The molecule has 0 radical (unpaired) electrons. The summed E-state index contributed by atoms with van der Waals surface area (Å²) in [4.78, 5) is 0.225. The summed E-state index contributed by atoms with van der Waals surface area (Å²) in [5.74, 6) is 0.334. The molecule has 2 aromatic carbocycles. The van der Waals surface area contributed by atoms with E-state index >= 15 is 0 Å². The van der Waals surface area contributed by atoms with Gasteiger partial charge in [-0.2, -0.15) is 13.5 Å². The predicted octanol–water partition coefficient (Wildman–Crippen LogP) is 2.41. The van der Waals surface area contributed by atoms with Crippen molar-refractivity contribution in [3.63, 3.8) is 0 Å². The molecule has 0 aliphatic carbocycles. The lowest BCUT2D eigenvalue weighted by atomic mass is 10.1. The number of rotatable bonds is 2. The van der Waals surface area contributed by atoms with E-state index in [1.54, 1.807) is 37.5 Å². The van der Waals surface area contributed by atoms with Gasteiger partial charge in [-0.25, -0.2) is 5.01 Å². The summed E-state index contributed by atoms with van der Waals surface area (Å²) in [5, 5.41) is 5.80. The van der Waals surface area contributed by atoms with Gasteiger partial charge in [0.1, 0.15) is 4.90 Å². The third kappa shape index (κ3) is 2.53. The first kappa shape index (κ1) is 14.5. The van der Waals surface area contributed by atoms with Crippen molar-refractivity contribution in [1.29, 1.82) is 0 Å². The Morgan fingerprint density at radius 3 is 2.55 bits per heavy atom. The van der Waals surface area contributed by atoms with Crippen molar-refractivity contribution in [2.45, 2.75) is 11.8 Å². The molecule has 22 heavy (non-hydrogen) atoms. The highest BCUT2D eigenvalue weighted by atomic mass is 32.2. The number of fused-ring (bicyclic) bond motifs is 1. The fourth-order valence-electron chi connectivity index (χ4n) is 2.26. The first-order chi connectivity index (χ1) is 10.5. The van der Waals surface area contributed by atoms with Gasteiger partial charge < -0.3 is 0 Å². The molecule has 0 aromatic heterocycles. The zero-order valence-corrected chi connectivity index (χ0v) is 13.1. The van der Waals surface area contributed by atoms with Crippen molar-refractivity contribution in [3.8, 4) is 0 Å². The van der Waals surface area contributed by atoms with Crippen LogP contribution in [0, 0.1) is 6.92 Å². The van der Waals surface area contributed by atoms with Gasteiger partial charge in [-0.15, -0.1) is 4.40 Å². The Balaban J connectivity index is 1.94. The zero-order valence-electron chi connectivity index (χ0n) is 12.3. The molecular weight excluding hydrogens is 298 g/mol. The van der Waals surface area contributed by atoms with E-state index < -0.39 is 10.0 Å². The molecule has 0 amide bonds. The lowest BCUT2D eigenvalue weighted by Gasteiger charge is -2.12. The Kier molecular flexibility index (Phi) is 3.54. The van der Waals surface area contributed by atoms with E-state index in [2.05, 4.69) is 9.50 Å². The molecule has 112 valence electrons. The zero-order chi connectivity index (χ0) is 15.7. The molecule has 1 heterocycles. The minimum atomic E-state index is -3.62. The fourth-order valence-corrected chi connectivity index (χ4v) is 3.49. The molecule has 0 fully saturated rings. The van der Waals surface area contributed by atoms with E-state index in [0.717, 1.165) is 11.1 Å². The average molecular weight is 313 g/mol. The van der Waals surface area contributed by atoms with Crippen LogP contribution in [-0.4, -0.2) is 32.5 Å². The number of aryl methyl sites for hydroxylation is 1. The van der Waals surface area contributed by atoms with E-state index in [9.17, 15) is 8.42 Å². The van der Waals surface area contributed by atoms with Crippen molar-refractivity contribution in [2.75, 3.05) is 7.05 Å². The third-order valence-corrected chi connectivity index (χ3v) is 4.80. The van der Waals surface area contributed by atoms with E-state index in [0.29, 0.717) is 11.4 Å². The van der Waals surface area contributed by atoms with Crippen LogP contribution in [0.1, 0.15) is 16.7 Å². The first-order valence-corrected chi connectivity index (χ1v) is 8.21. The molecule has 6 heteroatoms. The molecule has 0 spiro atoms. The van der Waals surface area contributed by atoms with Gasteiger partial charge in [0, 0.05) is 12.6 Å². The summed E-state index contributed by atoms with van der Waals surface area (Å²) < 4.78 is 27.9. The van der Waals surface area contributed by atoms with Gasteiger partial charge in [0.15, 0.2) is 5.84 Å².